The van der Waals surface area contributed by atoms with Crippen molar-refractivity contribution in [2.75, 3.05) is 32.0 Å². The highest BCUT2D eigenvalue weighted by Gasteiger charge is 2.21. The fourth-order valence-corrected chi connectivity index (χ4v) is 1.66. The van der Waals surface area contributed by atoms with Crippen molar-refractivity contribution in [1.82, 2.24) is 4.90 Å². The monoisotopic (exact) mass is 224 g/mol. The Labute approximate surface area is 92.8 Å². The van der Waals surface area contributed by atoms with Gasteiger partial charge in [-0.05, 0) is 12.1 Å². The third kappa shape index (κ3) is 1.99. The molecule has 1 aromatic carbocycles. The number of anilines is 1. The van der Waals surface area contributed by atoms with E-state index in [0.29, 0.717) is 26.3 Å². The Balaban J connectivity index is 2.22. The second kappa shape index (κ2) is 4.49. The lowest BCUT2D eigenvalue weighted by Crippen LogP contribution is -2.41. The molecular formula is C11H13FN2O2. The van der Waals surface area contributed by atoms with E-state index in [2.05, 4.69) is 0 Å². The summed E-state index contributed by atoms with van der Waals surface area (Å²) < 4.78 is 18.3. The summed E-state index contributed by atoms with van der Waals surface area (Å²) in [6.07, 6.45) is 0. The number of hydrogen-bond acceptors (Lipinski definition) is 3. The minimum atomic E-state index is -0.556. The number of amides is 1. The lowest BCUT2D eigenvalue weighted by Gasteiger charge is -2.27. The summed E-state index contributed by atoms with van der Waals surface area (Å²) in [5, 5.41) is 0. The first-order chi connectivity index (χ1) is 7.70. The van der Waals surface area contributed by atoms with Crippen molar-refractivity contribution in [3.05, 3.63) is 29.6 Å². The molecule has 1 aromatic rings. The molecule has 0 bridgehead atoms. The third-order valence-electron chi connectivity index (χ3n) is 2.58. The van der Waals surface area contributed by atoms with Crippen molar-refractivity contribution in [2.24, 2.45) is 0 Å². The van der Waals surface area contributed by atoms with Gasteiger partial charge in [0.25, 0.3) is 5.91 Å². The third-order valence-corrected chi connectivity index (χ3v) is 2.58. The van der Waals surface area contributed by atoms with Crippen LogP contribution in [0.4, 0.5) is 10.1 Å². The zero-order chi connectivity index (χ0) is 11.5. The fraction of sp³-hybridized carbons (Fsp3) is 0.364. The number of nitrogens with zero attached hydrogens (tertiary/aromatic N) is 1. The molecule has 2 rings (SSSR count). The van der Waals surface area contributed by atoms with Gasteiger partial charge >= 0.3 is 0 Å². The highest BCUT2D eigenvalue weighted by molar-refractivity contribution is 5.99. The van der Waals surface area contributed by atoms with E-state index in [1.54, 1.807) is 4.90 Å². The van der Waals surface area contributed by atoms with Crippen LogP contribution in [0, 0.1) is 5.82 Å². The highest BCUT2D eigenvalue weighted by atomic mass is 19.1. The summed E-state index contributed by atoms with van der Waals surface area (Å²) in [4.78, 5) is 13.6. The molecule has 5 heteroatoms. The Kier molecular flexibility index (Phi) is 3.05. The standard InChI is InChI=1S/C11H13FN2O2/c12-9-3-1-2-8(10(9)13)11(15)14-4-6-16-7-5-14/h1-3H,4-7,13H2. The van der Waals surface area contributed by atoms with Gasteiger partial charge in [0.15, 0.2) is 0 Å². The Bertz CT molecular complexity index is 403. The van der Waals surface area contributed by atoms with Crippen LogP contribution in [-0.2, 0) is 4.74 Å². The number of rotatable bonds is 1. The van der Waals surface area contributed by atoms with E-state index in [9.17, 15) is 9.18 Å². The Morgan fingerprint density at radius 2 is 2.06 bits per heavy atom. The lowest BCUT2D eigenvalue weighted by atomic mass is 10.1. The van der Waals surface area contributed by atoms with Crippen LogP contribution in [0.15, 0.2) is 18.2 Å². The van der Waals surface area contributed by atoms with Gasteiger partial charge in [-0.3, -0.25) is 4.79 Å². The molecule has 0 atom stereocenters. The van der Waals surface area contributed by atoms with Crippen molar-refractivity contribution in [3.63, 3.8) is 0 Å². The number of ether oxygens (including phenoxy) is 1. The summed E-state index contributed by atoms with van der Waals surface area (Å²) in [7, 11) is 0. The molecule has 0 aromatic heterocycles. The van der Waals surface area contributed by atoms with Crippen LogP contribution in [0.1, 0.15) is 10.4 Å². The number of benzene rings is 1. The number of carbonyl (C=O) groups excluding carboxylic acids is 1. The normalized spacial score (nSPS) is 16.2. The van der Waals surface area contributed by atoms with Gasteiger partial charge < -0.3 is 15.4 Å². The summed E-state index contributed by atoms with van der Waals surface area (Å²) in [6.45, 7) is 2.07. The molecule has 2 N–H and O–H groups in total. The van der Waals surface area contributed by atoms with Crippen LogP contribution >= 0.6 is 0 Å². The van der Waals surface area contributed by atoms with Gasteiger partial charge in [0.2, 0.25) is 0 Å². The molecule has 1 aliphatic rings. The fourth-order valence-electron chi connectivity index (χ4n) is 1.66. The molecule has 0 saturated carbocycles. The van der Waals surface area contributed by atoms with Gasteiger partial charge in [0.05, 0.1) is 24.5 Å². The molecule has 1 fully saturated rings. The summed E-state index contributed by atoms with van der Waals surface area (Å²) in [5.74, 6) is -0.792. The van der Waals surface area contributed by atoms with Crippen molar-refractivity contribution >= 4 is 11.6 Å². The number of morpholine rings is 1. The molecule has 0 aliphatic carbocycles. The average molecular weight is 224 g/mol. The number of hydrogen-bond donors (Lipinski definition) is 1. The van der Waals surface area contributed by atoms with Gasteiger partial charge in [0, 0.05) is 13.1 Å². The maximum Gasteiger partial charge on any atom is 0.256 e. The molecule has 1 heterocycles. The van der Waals surface area contributed by atoms with Crippen molar-refractivity contribution < 1.29 is 13.9 Å². The first kappa shape index (κ1) is 10.9. The van der Waals surface area contributed by atoms with Crippen molar-refractivity contribution in [3.8, 4) is 0 Å². The average Bonchev–Trinajstić information content (AvgIpc) is 2.33. The molecule has 1 saturated heterocycles. The van der Waals surface area contributed by atoms with E-state index in [1.165, 1.54) is 18.2 Å². The number of para-hydroxylation sites is 1. The Morgan fingerprint density at radius 3 is 2.75 bits per heavy atom. The number of halogens is 1. The molecule has 0 unspecified atom stereocenters. The zero-order valence-corrected chi connectivity index (χ0v) is 8.78. The maximum atomic E-state index is 13.2. The minimum Gasteiger partial charge on any atom is -0.396 e. The predicted molar refractivity (Wildman–Crippen MR) is 57.5 cm³/mol. The van der Waals surface area contributed by atoms with E-state index < -0.39 is 5.82 Å². The Hall–Kier alpha value is -1.62. The van der Waals surface area contributed by atoms with Gasteiger partial charge in [-0.15, -0.1) is 0 Å². The second-order valence-corrected chi connectivity index (χ2v) is 3.61. The first-order valence-electron chi connectivity index (χ1n) is 5.11. The maximum absolute atomic E-state index is 13.2. The lowest BCUT2D eigenvalue weighted by molar-refractivity contribution is 0.0303. The van der Waals surface area contributed by atoms with Gasteiger partial charge in [-0.2, -0.15) is 0 Å². The van der Waals surface area contributed by atoms with Crippen LogP contribution in [0.5, 0.6) is 0 Å². The molecule has 1 amide bonds. The number of nitrogens with two attached hydrogens (primary N) is 1. The summed E-state index contributed by atoms with van der Waals surface area (Å²) in [6, 6.07) is 4.26. The quantitative estimate of drug-likeness (QED) is 0.720. The largest absolute Gasteiger partial charge is 0.396 e. The molecule has 16 heavy (non-hydrogen) atoms. The molecule has 1 aliphatic heterocycles. The first-order valence-corrected chi connectivity index (χ1v) is 5.11. The molecule has 0 radical (unpaired) electrons. The van der Waals surface area contributed by atoms with Crippen molar-refractivity contribution in [2.45, 2.75) is 0 Å². The molecule has 86 valence electrons. The number of nitrogen functional groups attached to an aromatic ring is 1. The van der Waals surface area contributed by atoms with Crippen LogP contribution in [0.3, 0.4) is 0 Å². The SMILES string of the molecule is Nc1c(F)cccc1C(=O)N1CCOCC1. The van der Waals surface area contributed by atoms with Gasteiger partial charge in [-0.1, -0.05) is 6.07 Å². The van der Waals surface area contributed by atoms with Crippen LogP contribution in [0.25, 0.3) is 0 Å². The molecular weight excluding hydrogens is 211 g/mol. The predicted octanol–water partition coefficient (Wildman–Crippen LogP) is 0.880. The van der Waals surface area contributed by atoms with Crippen LogP contribution < -0.4 is 5.73 Å². The minimum absolute atomic E-state index is 0.0843. The topological polar surface area (TPSA) is 55.6 Å². The van der Waals surface area contributed by atoms with E-state index in [1.807, 2.05) is 0 Å². The number of carbonyl (C=O) groups is 1. The van der Waals surface area contributed by atoms with Crippen LogP contribution in [0.2, 0.25) is 0 Å². The second-order valence-electron chi connectivity index (χ2n) is 3.61. The summed E-state index contributed by atoms with van der Waals surface area (Å²) >= 11 is 0. The smallest absolute Gasteiger partial charge is 0.256 e. The highest BCUT2D eigenvalue weighted by Crippen LogP contribution is 2.18. The summed E-state index contributed by atoms with van der Waals surface area (Å²) in [5.41, 5.74) is 5.68. The molecule has 0 spiro atoms. The van der Waals surface area contributed by atoms with Gasteiger partial charge in [-0.25, -0.2) is 4.39 Å². The molecule has 4 nitrogen and oxygen atoms in total. The van der Waals surface area contributed by atoms with E-state index in [4.69, 9.17) is 10.5 Å². The van der Waals surface area contributed by atoms with E-state index in [-0.39, 0.29) is 17.2 Å². The Morgan fingerprint density at radius 1 is 1.38 bits per heavy atom. The van der Waals surface area contributed by atoms with Crippen molar-refractivity contribution in [1.29, 1.82) is 0 Å². The zero-order valence-electron chi connectivity index (χ0n) is 8.78. The van der Waals surface area contributed by atoms with E-state index in [0.717, 1.165) is 0 Å². The van der Waals surface area contributed by atoms with E-state index >= 15 is 0 Å². The van der Waals surface area contributed by atoms with Crippen LogP contribution in [-0.4, -0.2) is 37.1 Å². The van der Waals surface area contributed by atoms with Gasteiger partial charge in [0.1, 0.15) is 5.82 Å².